The number of benzene rings is 1. The Morgan fingerprint density at radius 2 is 1.74 bits per heavy atom. The van der Waals surface area contributed by atoms with Crippen molar-refractivity contribution in [2.75, 3.05) is 18.5 Å². The predicted molar refractivity (Wildman–Crippen MR) is 97.0 cm³/mol. The van der Waals surface area contributed by atoms with Gasteiger partial charge in [0.15, 0.2) is 0 Å². The normalized spacial score (nSPS) is 10.5. The molecule has 0 amide bonds. The van der Waals surface area contributed by atoms with Crippen molar-refractivity contribution in [2.24, 2.45) is 0 Å². The zero-order valence-corrected chi connectivity index (χ0v) is 14.4. The first-order chi connectivity index (χ1) is 11.3. The number of hydrogen-bond acceptors (Lipinski definition) is 3. The van der Waals surface area contributed by atoms with Crippen molar-refractivity contribution in [1.29, 1.82) is 0 Å². The van der Waals surface area contributed by atoms with Crippen LogP contribution in [-0.4, -0.2) is 18.6 Å². The first kappa shape index (κ1) is 17.3. The smallest absolute Gasteiger partial charge is 0.143 e. The third-order valence-electron chi connectivity index (χ3n) is 3.98. The monoisotopic (exact) mass is 312 g/mol. The van der Waals surface area contributed by atoms with E-state index in [0.29, 0.717) is 6.61 Å². The molecule has 0 saturated carbocycles. The molecule has 1 aromatic heterocycles. The number of pyridine rings is 1. The second kappa shape index (κ2) is 9.88. The molecule has 0 aliphatic heterocycles. The van der Waals surface area contributed by atoms with Gasteiger partial charge in [-0.2, -0.15) is 0 Å². The number of unbranched alkanes of at least 4 members (excludes halogenated alkanes) is 4. The number of aromatic nitrogens is 1. The highest BCUT2D eigenvalue weighted by atomic mass is 16.5. The standard InChI is InChI=1S/C20H28N2O/c1-3-4-5-6-11-16-22(2)19-13-7-8-14-20(19)23-17-18-12-9-10-15-21-18/h7-10,12-15H,3-6,11,16-17H2,1-2H3. The Kier molecular flexibility index (Phi) is 7.44. The number of rotatable bonds is 10. The van der Waals surface area contributed by atoms with E-state index in [1.165, 1.54) is 32.1 Å². The molecule has 0 bridgehead atoms. The Bertz CT molecular complexity index is 557. The van der Waals surface area contributed by atoms with Gasteiger partial charge in [0.1, 0.15) is 12.4 Å². The van der Waals surface area contributed by atoms with E-state index in [2.05, 4.69) is 36.0 Å². The van der Waals surface area contributed by atoms with Crippen molar-refractivity contribution in [3.8, 4) is 5.75 Å². The molecule has 23 heavy (non-hydrogen) atoms. The van der Waals surface area contributed by atoms with Crippen LogP contribution in [0.2, 0.25) is 0 Å². The van der Waals surface area contributed by atoms with Crippen LogP contribution in [0, 0.1) is 0 Å². The van der Waals surface area contributed by atoms with Crippen LogP contribution in [0.25, 0.3) is 0 Å². The molecule has 0 aliphatic rings. The second-order valence-corrected chi connectivity index (χ2v) is 5.91. The molecule has 3 nitrogen and oxygen atoms in total. The van der Waals surface area contributed by atoms with Gasteiger partial charge in [-0.15, -0.1) is 0 Å². The number of anilines is 1. The SMILES string of the molecule is CCCCCCCN(C)c1ccccc1OCc1ccccn1. The Labute approximate surface area is 140 Å². The van der Waals surface area contributed by atoms with Crippen molar-refractivity contribution in [2.45, 2.75) is 45.6 Å². The molecule has 1 aromatic carbocycles. The van der Waals surface area contributed by atoms with Crippen molar-refractivity contribution >= 4 is 5.69 Å². The van der Waals surface area contributed by atoms with Gasteiger partial charge in [-0.1, -0.05) is 50.8 Å². The summed E-state index contributed by atoms with van der Waals surface area (Å²) in [4.78, 5) is 6.60. The summed E-state index contributed by atoms with van der Waals surface area (Å²) in [5.74, 6) is 0.925. The third-order valence-corrected chi connectivity index (χ3v) is 3.98. The van der Waals surface area contributed by atoms with Gasteiger partial charge >= 0.3 is 0 Å². The first-order valence-electron chi connectivity index (χ1n) is 8.64. The summed E-state index contributed by atoms with van der Waals surface area (Å²) < 4.78 is 5.99. The van der Waals surface area contributed by atoms with Gasteiger partial charge in [0, 0.05) is 19.8 Å². The average molecular weight is 312 g/mol. The van der Waals surface area contributed by atoms with E-state index in [0.717, 1.165) is 23.7 Å². The maximum absolute atomic E-state index is 5.99. The van der Waals surface area contributed by atoms with Crippen LogP contribution >= 0.6 is 0 Å². The maximum Gasteiger partial charge on any atom is 0.143 e. The third kappa shape index (κ3) is 5.93. The van der Waals surface area contributed by atoms with Gasteiger partial charge < -0.3 is 9.64 Å². The molecule has 0 N–H and O–H groups in total. The predicted octanol–water partition coefficient (Wildman–Crippen LogP) is 5.07. The van der Waals surface area contributed by atoms with Crippen molar-refractivity contribution in [1.82, 2.24) is 4.98 Å². The lowest BCUT2D eigenvalue weighted by Gasteiger charge is -2.22. The Balaban J connectivity index is 1.88. The molecule has 0 fully saturated rings. The number of para-hydroxylation sites is 2. The van der Waals surface area contributed by atoms with Gasteiger partial charge in [0.05, 0.1) is 11.4 Å². The molecule has 3 heteroatoms. The van der Waals surface area contributed by atoms with E-state index in [1.54, 1.807) is 6.20 Å². The maximum atomic E-state index is 5.99. The molecule has 2 aromatic rings. The molecule has 0 atom stereocenters. The molecule has 124 valence electrons. The highest BCUT2D eigenvalue weighted by Gasteiger charge is 2.08. The fraction of sp³-hybridized carbons (Fsp3) is 0.450. The molecule has 0 saturated heterocycles. The quantitative estimate of drug-likeness (QED) is 0.573. The van der Waals surface area contributed by atoms with Gasteiger partial charge in [-0.3, -0.25) is 4.98 Å². The first-order valence-corrected chi connectivity index (χ1v) is 8.64. The molecule has 1 heterocycles. The van der Waals surface area contributed by atoms with Gasteiger partial charge in [0.25, 0.3) is 0 Å². The van der Waals surface area contributed by atoms with Crippen LogP contribution in [0.5, 0.6) is 5.75 Å². The number of nitrogens with zero attached hydrogens (tertiary/aromatic N) is 2. The van der Waals surface area contributed by atoms with Crippen molar-refractivity contribution in [3.63, 3.8) is 0 Å². The minimum atomic E-state index is 0.502. The lowest BCUT2D eigenvalue weighted by molar-refractivity contribution is 0.302. The van der Waals surface area contributed by atoms with Crippen molar-refractivity contribution < 1.29 is 4.74 Å². The zero-order chi connectivity index (χ0) is 16.3. The van der Waals surface area contributed by atoms with E-state index in [9.17, 15) is 0 Å². The van der Waals surface area contributed by atoms with E-state index in [4.69, 9.17) is 4.74 Å². The Hall–Kier alpha value is -2.03. The summed E-state index contributed by atoms with van der Waals surface area (Å²) in [5, 5.41) is 0. The van der Waals surface area contributed by atoms with Crippen LogP contribution in [0.3, 0.4) is 0 Å². The molecular formula is C20H28N2O. The fourth-order valence-corrected chi connectivity index (χ4v) is 2.60. The summed E-state index contributed by atoms with van der Waals surface area (Å²) in [7, 11) is 2.14. The molecule has 0 spiro atoms. The van der Waals surface area contributed by atoms with E-state index in [1.807, 2.05) is 30.3 Å². The Morgan fingerprint density at radius 3 is 2.52 bits per heavy atom. The molecule has 0 aliphatic carbocycles. The number of hydrogen-bond donors (Lipinski definition) is 0. The largest absolute Gasteiger partial charge is 0.485 e. The van der Waals surface area contributed by atoms with Crippen LogP contribution in [0.15, 0.2) is 48.7 Å². The highest BCUT2D eigenvalue weighted by molar-refractivity contribution is 5.57. The zero-order valence-electron chi connectivity index (χ0n) is 14.4. The lowest BCUT2D eigenvalue weighted by atomic mass is 10.1. The van der Waals surface area contributed by atoms with Crippen LogP contribution in [-0.2, 0) is 6.61 Å². The molecule has 0 unspecified atom stereocenters. The molecule has 2 rings (SSSR count). The summed E-state index contributed by atoms with van der Waals surface area (Å²) in [5.41, 5.74) is 2.10. The van der Waals surface area contributed by atoms with Gasteiger partial charge in [-0.05, 0) is 30.7 Å². The molecular weight excluding hydrogens is 284 g/mol. The van der Waals surface area contributed by atoms with Gasteiger partial charge in [-0.25, -0.2) is 0 Å². The van der Waals surface area contributed by atoms with E-state index >= 15 is 0 Å². The number of ether oxygens (including phenoxy) is 1. The Morgan fingerprint density at radius 1 is 0.957 bits per heavy atom. The minimum Gasteiger partial charge on any atom is -0.485 e. The lowest BCUT2D eigenvalue weighted by Crippen LogP contribution is -2.19. The summed E-state index contributed by atoms with van der Waals surface area (Å²) in [6, 6.07) is 14.1. The van der Waals surface area contributed by atoms with E-state index in [-0.39, 0.29) is 0 Å². The highest BCUT2D eigenvalue weighted by Crippen LogP contribution is 2.28. The van der Waals surface area contributed by atoms with Gasteiger partial charge in [0.2, 0.25) is 0 Å². The van der Waals surface area contributed by atoms with Crippen LogP contribution in [0.1, 0.15) is 44.7 Å². The van der Waals surface area contributed by atoms with Crippen LogP contribution in [0.4, 0.5) is 5.69 Å². The summed E-state index contributed by atoms with van der Waals surface area (Å²) in [6.45, 7) is 3.82. The minimum absolute atomic E-state index is 0.502. The topological polar surface area (TPSA) is 25.4 Å². The average Bonchev–Trinajstić information content (AvgIpc) is 2.61. The fourth-order valence-electron chi connectivity index (χ4n) is 2.60. The molecule has 0 radical (unpaired) electrons. The van der Waals surface area contributed by atoms with Crippen molar-refractivity contribution in [3.05, 3.63) is 54.4 Å². The summed E-state index contributed by atoms with van der Waals surface area (Å²) >= 11 is 0. The second-order valence-electron chi connectivity index (χ2n) is 5.91. The summed E-state index contributed by atoms with van der Waals surface area (Å²) in [6.07, 6.45) is 8.29. The van der Waals surface area contributed by atoms with Crippen LogP contribution < -0.4 is 9.64 Å². The van der Waals surface area contributed by atoms with E-state index < -0.39 is 0 Å².